The van der Waals surface area contributed by atoms with Gasteiger partial charge < -0.3 is 5.11 Å². The fourth-order valence-corrected chi connectivity index (χ4v) is 0.639. The maximum Gasteiger partial charge on any atom is 0.331 e. The van der Waals surface area contributed by atoms with Crippen LogP contribution < -0.4 is 0 Å². The number of carbonyl (C=O) groups is 1. The van der Waals surface area contributed by atoms with Crippen molar-refractivity contribution in [1.82, 2.24) is 0 Å². The molecule has 4 heteroatoms. The second kappa shape index (κ2) is 4.82. The lowest BCUT2D eigenvalue weighted by Gasteiger charge is -1.99. The number of allylic oxidation sites excluding steroid dienone is 1. The van der Waals surface area contributed by atoms with Crippen LogP contribution in [-0.2, 0) is 4.79 Å². The Morgan fingerprint density at radius 2 is 2.18 bits per heavy atom. The molecule has 0 radical (unpaired) electrons. The number of carboxylic acids is 1. The summed E-state index contributed by atoms with van der Waals surface area (Å²) in [4.78, 5) is 10.2. The van der Waals surface area contributed by atoms with Crippen molar-refractivity contribution in [3.05, 3.63) is 11.6 Å². The summed E-state index contributed by atoms with van der Waals surface area (Å²) in [6, 6.07) is 0. The Kier molecular flexibility index (Phi) is 4.41. The molecule has 0 aliphatic carbocycles. The van der Waals surface area contributed by atoms with Crippen molar-refractivity contribution in [3.63, 3.8) is 0 Å². The molecule has 1 N–H and O–H groups in total. The Labute approximate surface area is 63.5 Å². The summed E-state index contributed by atoms with van der Waals surface area (Å²) >= 11 is 0. The second-order valence-electron chi connectivity index (χ2n) is 2.05. The minimum atomic E-state index is -2.43. The lowest BCUT2D eigenvalue weighted by molar-refractivity contribution is -0.132. The van der Waals surface area contributed by atoms with Gasteiger partial charge in [0.1, 0.15) is 0 Å². The van der Waals surface area contributed by atoms with Crippen LogP contribution in [-0.4, -0.2) is 17.5 Å². The van der Waals surface area contributed by atoms with Crippen LogP contribution in [0.2, 0.25) is 0 Å². The predicted octanol–water partition coefficient (Wildman–Crippen LogP) is 2.06. The van der Waals surface area contributed by atoms with E-state index in [9.17, 15) is 13.6 Å². The van der Waals surface area contributed by atoms with E-state index >= 15 is 0 Å². The molecule has 0 aromatic carbocycles. The Bertz CT molecular complexity index is 164. The predicted molar refractivity (Wildman–Crippen MR) is 36.6 cm³/mol. The first-order valence-corrected chi connectivity index (χ1v) is 3.24. The first kappa shape index (κ1) is 10.1. The van der Waals surface area contributed by atoms with Crippen LogP contribution in [0.4, 0.5) is 8.78 Å². The van der Waals surface area contributed by atoms with Gasteiger partial charge in [-0.15, -0.1) is 0 Å². The molecule has 0 atom stereocenters. The van der Waals surface area contributed by atoms with E-state index in [1.807, 2.05) is 0 Å². The molecule has 0 aliphatic heterocycles. The van der Waals surface area contributed by atoms with Gasteiger partial charge in [-0.3, -0.25) is 0 Å². The molecule has 0 aromatic heterocycles. The highest BCUT2D eigenvalue weighted by atomic mass is 19.3. The van der Waals surface area contributed by atoms with Crippen LogP contribution in [0.3, 0.4) is 0 Å². The highest BCUT2D eigenvalue weighted by Gasteiger charge is 2.09. The normalized spacial score (nSPS) is 12.2. The summed E-state index contributed by atoms with van der Waals surface area (Å²) in [5, 5.41) is 8.37. The average molecular weight is 164 g/mol. The molecule has 0 heterocycles. The smallest absolute Gasteiger partial charge is 0.331 e. The van der Waals surface area contributed by atoms with Crippen LogP contribution in [0, 0.1) is 0 Å². The van der Waals surface area contributed by atoms with E-state index in [-0.39, 0.29) is 18.4 Å². The molecule has 2 nitrogen and oxygen atoms in total. The van der Waals surface area contributed by atoms with E-state index in [1.165, 1.54) is 13.0 Å². The fraction of sp³-hybridized carbons (Fsp3) is 0.571. The first-order chi connectivity index (χ1) is 5.07. The number of halogens is 2. The molecule has 0 bridgehead atoms. The van der Waals surface area contributed by atoms with Crippen molar-refractivity contribution in [1.29, 1.82) is 0 Å². The molecule has 0 unspecified atom stereocenters. The van der Waals surface area contributed by atoms with E-state index in [4.69, 9.17) is 5.11 Å². The van der Waals surface area contributed by atoms with Crippen LogP contribution in [0.5, 0.6) is 0 Å². The zero-order valence-corrected chi connectivity index (χ0v) is 6.18. The van der Waals surface area contributed by atoms with Crippen LogP contribution >= 0.6 is 0 Å². The minimum Gasteiger partial charge on any atom is -0.478 e. The highest BCUT2D eigenvalue weighted by Crippen LogP contribution is 2.10. The number of carboxylic acid groups (broad SMARTS) is 1. The lowest BCUT2D eigenvalue weighted by Crippen LogP contribution is -2.02. The van der Waals surface area contributed by atoms with Gasteiger partial charge in [-0.05, 0) is 13.3 Å². The van der Waals surface area contributed by atoms with Crippen LogP contribution in [0.1, 0.15) is 19.8 Å². The number of hydrogen-bond acceptors (Lipinski definition) is 1. The van der Waals surface area contributed by atoms with Gasteiger partial charge in [-0.25, -0.2) is 13.6 Å². The minimum absolute atomic E-state index is 0.0466. The van der Waals surface area contributed by atoms with Crippen molar-refractivity contribution >= 4 is 5.97 Å². The number of aliphatic carboxylic acids is 1. The molecule has 0 fully saturated rings. The monoisotopic (exact) mass is 164 g/mol. The summed E-state index contributed by atoms with van der Waals surface area (Å²) in [5.41, 5.74) is 0.0466. The molecule has 0 aromatic rings. The fourth-order valence-electron chi connectivity index (χ4n) is 0.639. The Morgan fingerprint density at radius 3 is 2.45 bits per heavy atom. The van der Waals surface area contributed by atoms with Gasteiger partial charge in [-0.1, -0.05) is 6.08 Å². The van der Waals surface area contributed by atoms with Crippen molar-refractivity contribution in [2.24, 2.45) is 0 Å². The summed E-state index contributed by atoms with van der Waals surface area (Å²) in [6.07, 6.45) is -1.54. The molecule has 0 spiro atoms. The quantitative estimate of drug-likeness (QED) is 0.646. The highest BCUT2D eigenvalue weighted by molar-refractivity contribution is 5.86. The molecular formula is C7H10F2O2. The third-order valence-corrected chi connectivity index (χ3v) is 1.26. The standard InChI is InChI=1S/C7H10F2O2/c1-2-5(7(10)11)3-4-6(8)9/h2,6H,3-4H2,1H3,(H,10,11)/b5-2+. The van der Waals surface area contributed by atoms with Gasteiger partial charge in [0.25, 0.3) is 0 Å². The zero-order valence-electron chi connectivity index (χ0n) is 6.18. The topological polar surface area (TPSA) is 37.3 Å². The van der Waals surface area contributed by atoms with E-state index < -0.39 is 12.4 Å². The van der Waals surface area contributed by atoms with Gasteiger partial charge in [-0.2, -0.15) is 0 Å². The van der Waals surface area contributed by atoms with Crippen molar-refractivity contribution in [2.45, 2.75) is 26.2 Å². The summed E-state index contributed by atoms with van der Waals surface area (Å²) in [7, 11) is 0. The largest absolute Gasteiger partial charge is 0.478 e. The molecule has 0 saturated carbocycles. The molecule has 0 rings (SSSR count). The van der Waals surface area contributed by atoms with E-state index in [1.54, 1.807) is 0 Å². The van der Waals surface area contributed by atoms with Crippen LogP contribution in [0.25, 0.3) is 0 Å². The third kappa shape index (κ3) is 4.47. The Hall–Kier alpha value is -0.930. The lowest BCUT2D eigenvalue weighted by atomic mass is 10.1. The summed E-state index contributed by atoms with van der Waals surface area (Å²) in [6.45, 7) is 1.52. The van der Waals surface area contributed by atoms with Gasteiger partial charge in [0.2, 0.25) is 6.43 Å². The van der Waals surface area contributed by atoms with Crippen molar-refractivity contribution in [3.8, 4) is 0 Å². The van der Waals surface area contributed by atoms with Gasteiger partial charge >= 0.3 is 5.97 Å². The Morgan fingerprint density at radius 1 is 1.64 bits per heavy atom. The summed E-state index contributed by atoms with van der Waals surface area (Å²) in [5.74, 6) is -1.12. The maximum atomic E-state index is 11.6. The third-order valence-electron chi connectivity index (χ3n) is 1.26. The van der Waals surface area contributed by atoms with Crippen molar-refractivity contribution < 1.29 is 18.7 Å². The Balaban J connectivity index is 3.82. The first-order valence-electron chi connectivity index (χ1n) is 3.24. The van der Waals surface area contributed by atoms with Crippen molar-refractivity contribution in [2.75, 3.05) is 0 Å². The zero-order chi connectivity index (χ0) is 8.85. The van der Waals surface area contributed by atoms with Crippen LogP contribution in [0.15, 0.2) is 11.6 Å². The number of hydrogen-bond donors (Lipinski definition) is 1. The number of rotatable bonds is 4. The summed E-state index contributed by atoms with van der Waals surface area (Å²) < 4.78 is 23.1. The van der Waals surface area contributed by atoms with Gasteiger partial charge in [0.15, 0.2) is 0 Å². The molecule has 0 saturated heterocycles. The molecule has 11 heavy (non-hydrogen) atoms. The number of alkyl halides is 2. The molecule has 64 valence electrons. The average Bonchev–Trinajstić information content (AvgIpc) is 1.87. The van der Waals surface area contributed by atoms with E-state index in [0.29, 0.717) is 0 Å². The molecular weight excluding hydrogens is 154 g/mol. The van der Waals surface area contributed by atoms with Gasteiger partial charge in [0.05, 0.1) is 0 Å². The molecule has 0 aliphatic rings. The molecule has 0 amide bonds. The SMILES string of the molecule is C/C=C(\CCC(F)F)C(=O)O. The second-order valence-corrected chi connectivity index (χ2v) is 2.05. The van der Waals surface area contributed by atoms with Gasteiger partial charge in [0, 0.05) is 12.0 Å². The van der Waals surface area contributed by atoms with E-state index in [2.05, 4.69) is 0 Å². The maximum absolute atomic E-state index is 11.6. The van der Waals surface area contributed by atoms with E-state index in [0.717, 1.165) is 0 Å².